The van der Waals surface area contributed by atoms with Crippen LogP contribution in [0.5, 0.6) is 0 Å². The van der Waals surface area contributed by atoms with E-state index in [2.05, 4.69) is 10.6 Å². The van der Waals surface area contributed by atoms with E-state index in [0.717, 1.165) is 37.1 Å². The van der Waals surface area contributed by atoms with E-state index in [9.17, 15) is 14.4 Å². The quantitative estimate of drug-likeness (QED) is 0.569. The highest BCUT2D eigenvalue weighted by Gasteiger charge is 2.22. The van der Waals surface area contributed by atoms with Gasteiger partial charge in [0.05, 0.1) is 5.69 Å². The van der Waals surface area contributed by atoms with Crippen molar-refractivity contribution >= 4 is 29.3 Å². The second kappa shape index (κ2) is 8.62. The van der Waals surface area contributed by atoms with E-state index < -0.39 is 6.09 Å². The van der Waals surface area contributed by atoms with Gasteiger partial charge in [-0.2, -0.15) is 0 Å². The largest absolute Gasteiger partial charge is 0.465 e. The summed E-state index contributed by atoms with van der Waals surface area (Å²) in [4.78, 5) is 38.0. The fourth-order valence-corrected chi connectivity index (χ4v) is 3.94. The normalized spacial score (nSPS) is 13.2. The molecule has 1 saturated heterocycles. The molecule has 1 aliphatic rings. The molecule has 9 heteroatoms. The van der Waals surface area contributed by atoms with Gasteiger partial charge in [-0.1, -0.05) is 12.1 Å². The van der Waals surface area contributed by atoms with Crippen molar-refractivity contribution < 1.29 is 19.5 Å². The number of aryl methyl sites for hydroxylation is 2. The van der Waals surface area contributed by atoms with Crippen molar-refractivity contribution in [1.82, 2.24) is 14.0 Å². The lowest BCUT2D eigenvalue weighted by atomic mass is 10.1. The second-order valence-corrected chi connectivity index (χ2v) is 7.91. The minimum Gasteiger partial charge on any atom is -0.465 e. The lowest BCUT2D eigenvalue weighted by Crippen LogP contribution is -2.29. The number of nitrogens with one attached hydrogen (secondary N) is 2. The molecule has 166 valence electrons. The van der Waals surface area contributed by atoms with Gasteiger partial charge in [-0.05, 0) is 42.7 Å². The molecule has 3 amide bonds. The van der Waals surface area contributed by atoms with Crippen LogP contribution in [0.15, 0.2) is 48.8 Å². The third-order valence-electron chi connectivity index (χ3n) is 5.58. The number of benzene rings is 1. The van der Waals surface area contributed by atoms with Crippen LogP contribution in [-0.2, 0) is 14.1 Å². The number of aromatic nitrogens is 2. The zero-order valence-electron chi connectivity index (χ0n) is 18.0. The number of hydrogen-bond donors (Lipinski definition) is 3. The van der Waals surface area contributed by atoms with Crippen LogP contribution in [0.2, 0.25) is 0 Å². The third kappa shape index (κ3) is 4.36. The van der Waals surface area contributed by atoms with E-state index in [1.165, 1.54) is 12.3 Å². The predicted molar refractivity (Wildman–Crippen MR) is 121 cm³/mol. The van der Waals surface area contributed by atoms with Gasteiger partial charge in [-0.3, -0.25) is 14.9 Å². The molecule has 2 aromatic heterocycles. The van der Waals surface area contributed by atoms with Crippen LogP contribution in [-0.4, -0.2) is 50.1 Å². The summed E-state index contributed by atoms with van der Waals surface area (Å²) in [5, 5.41) is 13.9. The molecule has 3 aromatic rings. The van der Waals surface area contributed by atoms with Crippen LogP contribution in [0.3, 0.4) is 0 Å². The molecule has 32 heavy (non-hydrogen) atoms. The Morgan fingerprint density at radius 2 is 1.47 bits per heavy atom. The van der Waals surface area contributed by atoms with Gasteiger partial charge in [-0.25, -0.2) is 4.79 Å². The Kier molecular flexibility index (Phi) is 5.72. The van der Waals surface area contributed by atoms with Gasteiger partial charge in [0, 0.05) is 50.8 Å². The summed E-state index contributed by atoms with van der Waals surface area (Å²) in [5.41, 5.74) is 3.78. The summed E-state index contributed by atoms with van der Waals surface area (Å²) in [6.07, 6.45) is 4.37. The van der Waals surface area contributed by atoms with E-state index in [1.807, 2.05) is 40.9 Å². The highest BCUT2D eigenvalue weighted by atomic mass is 16.4. The van der Waals surface area contributed by atoms with Gasteiger partial charge < -0.3 is 24.5 Å². The molecule has 0 bridgehead atoms. The Morgan fingerprint density at radius 3 is 2.12 bits per heavy atom. The zero-order chi connectivity index (χ0) is 22.8. The number of carbonyl (C=O) groups excluding carboxylic acids is 2. The number of anilines is 2. The Hall–Kier alpha value is -4.01. The number of likely N-dealkylation sites (tertiary alicyclic amines) is 1. The first-order valence-electron chi connectivity index (χ1n) is 10.4. The molecule has 0 atom stereocenters. The highest BCUT2D eigenvalue weighted by Crippen LogP contribution is 2.25. The minimum absolute atomic E-state index is 0.0551. The molecule has 1 fully saturated rings. The van der Waals surface area contributed by atoms with Gasteiger partial charge in [0.1, 0.15) is 11.4 Å². The number of rotatable bonds is 5. The van der Waals surface area contributed by atoms with E-state index >= 15 is 0 Å². The summed E-state index contributed by atoms with van der Waals surface area (Å²) in [6, 6.07) is 10.7. The van der Waals surface area contributed by atoms with Gasteiger partial charge in [-0.15, -0.1) is 0 Å². The molecule has 0 radical (unpaired) electrons. The number of hydrogen-bond acceptors (Lipinski definition) is 3. The first-order valence-corrected chi connectivity index (χ1v) is 10.4. The number of amides is 3. The summed E-state index contributed by atoms with van der Waals surface area (Å²) in [5.74, 6) is -0.295. The van der Waals surface area contributed by atoms with Crippen LogP contribution in [0.1, 0.15) is 33.8 Å². The molecule has 0 unspecified atom stereocenters. The molecule has 0 spiro atoms. The Labute approximate surface area is 185 Å². The zero-order valence-corrected chi connectivity index (χ0v) is 18.0. The van der Waals surface area contributed by atoms with Gasteiger partial charge in [0.15, 0.2) is 0 Å². The molecule has 3 N–H and O–H groups in total. The molecular formula is C23H25N5O4. The van der Waals surface area contributed by atoms with Crippen LogP contribution in [0.4, 0.5) is 16.2 Å². The minimum atomic E-state index is -1.19. The van der Waals surface area contributed by atoms with Crippen molar-refractivity contribution in [3.8, 4) is 11.1 Å². The smallest absolute Gasteiger partial charge is 0.409 e. The molecule has 4 rings (SSSR count). The van der Waals surface area contributed by atoms with Gasteiger partial charge in [0.25, 0.3) is 11.8 Å². The molecule has 1 aromatic carbocycles. The third-order valence-corrected chi connectivity index (χ3v) is 5.58. The summed E-state index contributed by atoms with van der Waals surface area (Å²) in [7, 11) is 3.54. The van der Waals surface area contributed by atoms with Crippen molar-refractivity contribution in [1.29, 1.82) is 0 Å². The molecular weight excluding hydrogens is 410 g/mol. The van der Waals surface area contributed by atoms with Crippen LogP contribution >= 0.6 is 0 Å². The van der Waals surface area contributed by atoms with Crippen LogP contribution in [0.25, 0.3) is 11.1 Å². The highest BCUT2D eigenvalue weighted by molar-refractivity contribution is 6.04. The van der Waals surface area contributed by atoms with E-state index in [-0.39, 0.29) is 11.8 Å². The van der Waals surface area contributed by atoms with Crippen molar-refractivity contribution in [2.24, 2.45) is 14.1 Å². The van der Waals surface area contributed by atoms with Crippen molar-refractivity contribution in [3.63, 3.8) is 0 Å². The number of carboxylic acid groups (broad SMARTS) is 1. The average molecular weight is 435 g/mol. The average Bonchev–Trinajstić information content (AvgIpc) is 3.48. The topological polar surface area (TPSA) is 109 Å². The molecule has 0 saturated carbocycles. The fourth-order valence-electron chi connectivity index (χ4n) is 3.94. The maximum atomic E-state index is 12.7. The van der Waals surface area contributed by atoms with Crippen LogP contribution in [0, 0.1) is 0 Å². The Balaban J connectivity index is 1.46. The SMILES string of the molecule is Cn1cc(NC(=O)O)cc1C(=O)Nc1ccc(-c2cc(C(=O)N3CCCC3)n(C)c2)cc1. The van der Waals surface area contributed by atoms with Gasteiger partial charge in [0.2, 0.25) is 0 Å². The summed E-state index contributed by atoms with van der Waals surface area (Å²) >= 11 is 0. The number of carbonyl (C=O) groups is 3. The lowest BCUT2D eigenvalue weighted by molar-refractivity contribution is 0.0783. The summed E-state index contributed by atoms with van der Waals surface area (Å²) in [6.45, 7) is 1.62. The van der Waals surface area contributed by atoms with Crippen LogP contribution < -0.4 is 10.6 Å². The first-order chi connectivity index (χ1) is 15.3. The van der Waals surface area contributed by atoms with E-state index in [1.54, 1.807) is 23.7 Å². The van der Waals surface area contributed by atoms with Crippen molar-refractivity contribution in [2.45, 2.75) is 12.8 Å². The van der Waals surface area contributed by atoms with E-state index in [4.69, 9.17) is 5.11 Å². The maximum absolute atomic E-state index is 12.7. The Morgan fingerprint density at radius 1 is 0.812 bits per heavy atom. The maximum Gasteiger partial charge on any atom is 0.409 e. The van der Waals surface area contributed by atoms with Gasteiger partial charge >= 0.3 is 6.09 Å². The van der Waals surface area contributed by atoms with Crippen molar-refractivity contribution in [2.75, 3.05) is 23.7 Å². The molecule has 1 aliphatic heterocycles. The summed E-state index contributed by atoms with van der Waals surface area (Å²) < 4.78 is 3.40. The Bertz CT molecular complexity index is 1170. The number of nitrogens with zero attached hydrogens (tertiary/aromatic N) is 3. The monoisotopic (exact) mass is 435 g/mol. The first kappa shape index (κ1) is 21.2. The fraction of sp³-hybridized carbons (Fsp3) is 0.261. The molecule has 3 heterocycles. The molecule has 9 nitrogen and oxygen atoms in total. The molecule has 0 aliphatic carbocycles. The predicted octanol–water partition coefficient (Wildman–Crippen LogP) is 3.61. The lowest BCUT2D eigenvalue weighted by Gasteiger charge is -2.15. The van der Waals surface area contributed by atoms with E-state index in [0.29, 0.717) is 22.8 Å². The standard InChI is InChI=1S/C23H25N5O4/c1-26-13-16(11-20(26)22(30)28-9-3-4-10-28)15-5-7-17(8-6-15)24-21(29)19-12-18(14-27(19)2)25-23(31)32/h5-8,11-14,25H,3-4,9-10H2,1-2H3,(H,24,29)(H,31,32). The van der Waals surface area contributed by atoms with Crippen molar-refractivity contribution in [3.05, 3.63) is 60.2 Å². The second-order valence-electron chi connectivity index (χ2n) is 7.91.